The number of hydrogen-bond acceptors (Lipinski definition) is 0. The Balaban J connectivity index is 1.80. The van der Waals surface area contributed by atoms with Crippen LogP contribution < -0.4 is 4.57 Å². The van der Waals surface area contributed by atoms with Gasteiger partial charge >= 0.3 is 0 Å². The minimum Gasteiger partial charge on any atom is -0.223 e. The van der Waals surface area contributed by atoms with E-state index in [0.717, 1.165) is 13.1 Å². The first-order valence-corrected chi connectivity index (χ1v) is 13.2. The molecule has 1 heterocycles. The van der Waals surface area contributed by atoms with Gasteiger partial charge in [-0.15, -0.1) is 0 Å². The molecule has 0 bridgehead atoms. The molecule has 0 atom stereocenters. The molecule has 0 aliphatic heterocycles. The van der Waals surface area contributed by atoms with Crippen molar-refractivity contribution in [3.8, 4) is 44.8 Å². The summed E-state index contributed by atoms with van der Waals surface area (Å²) in [7, 11) is 0. The minimum absolute atomic E-state index is 0.895. The second-order valence-corrected chi connectivity index (χ2v) is 9.35. The predicted molar refractivity (Wildman–Crippen MR) is 155 cm³/mol. The summed E-state index contributed by atoms with van der Waals surface area (Å²) in [4.78, 5) is 0. The quantitative estimate of drug-likeness (QED) is 0.211. The van der Waals surface area contributed by atoms with Crippen LogP contribution in [0.1, 0.15) is 13.8 Å². The van der Waals surface area contributed by atoms with Gasteiger partial charge in [0.05, 0.1) is 18.7 Å². The molecule has 0 unspecified atom stereocenters. The predicted octanol–water partition coefficient (Wildman–Crippen LogP) is 8.64. The van der Waals surface area contributed by atoms with Crippen molar-refractivity contribution in [3.05, 3.63) is 127 Å². The summed E-state index contributed by atoms with van der Waals surface area (Å²) in [5.74, 6) is 1.25. The fourth-order valence-corrected chi connectivity index (χ4v) is 5.58. The van der Waals surface area contributed by atoms with Crippen molar-refractivity contribution in [2.45, 2.75) is 26.9 Å². The maximum Gasteiger partial charge on any atom is 0.291 e. The van der Waals surface area contributed by atoms with E-state index in [1.54, 1.807) is 0 Å². The first-order valence-electron chi connectivity index (χ1n) is 13.2. The molecule has 180 valence electrons. The number of benzene rings is 5. The van der Waals surface area contributed by atoms with E-state index >= 15 is 0 Å². The van der Waals surface area contributed by atoms with Crippen LogP contribution in [0.2, 0.25) is 0 Å². The van der Waals surface area contributed by atoms with E-state index in [4.69, 9.17) is 0 Å². The van der Waals surface area contributed by atoms with Crippen LogP contribution in [-0.2, 0) is 13.1 Å². The van der Waals surface area contributed by atoms with Gasteiger partial charge in [-0.25, -0.2) is 9.13 Å². The molecular formula is C35H31N2+. The molecule has 37 heavy (non-hydrogen) atoms. The first kappa shape index (κ1) is 23.0. The van der Waals surface area contributed by atoms with Gasteiger partial charge in [0.15, 0.2) is 11.0 Å². The SMILES string of the molecule is CCn1c(-c2c(-c3ccccc3)cc(-c3ccccc3)cc2-c2ccccc2)[n+](CC)c2ccccc21. The zero-order chi connectivity index (χ0) is 25.2. The Morgan fingerprint density at radius 3 is 1.54 bits per heavy atom. The minimum atomic E-state index is 0.895. The lowest BCUT2D eigenvalue weighted by Crippen LogP contribution is -2.34. The van der Waals surface area contributed by atoms with Crippen LogP contribution in [0.4, 0.5) is 0 Å². The highest BCUT2D eigenvalue weighted by molar-refractivity contribution is 5.96. The van der Waals surface area contributed by atoms with E-state index in [1.165, 1.54) is 55.8 Å². The molecule has 6 rings (SSSR count). The molecule has 0 fully saturated rings. The van der Waals surface area contributed by atoms with E-state index in [0.29, 0.717) is 0 Å². The average Bonchev–Trinajstić information content (AvgIpc) is 3.31. The van der Waals surface area contributed by atoms with E-state index in [-0.39, 0.29) is 0 Å². The van der Waals surface area contributed by atoms with Gasteiger partial charge in [-0.2, -0.15) is 0 Å². The van der Waals surface area contributed by atoms with Crippen molar-refractivity contribution in [3.63, 3.8) is 0 Å². The molecule has 5 aromatic carbocycles. The number of aromatic nitrogens is 2. The van der Waals surface area contributed by atoms with E-state index < -0.39 is 0 Å². The molecule has 0 aliphatic carbocycles. The highest BCUT2D eigenvalue weighted by atomic mass is 15.2. The number of para-hydroxylation sites is 2. The van der Waals surface area contributed by atoms with Crippen LogP contribution in [0.25, 0.3) is 55.8 Å². The molecule has 0 N–H and O–H groups in total. The standard InChI is InChI=1S/C35H31N2/c1-3-36-32-22-14-15-23-33(32)37(4-2)35(36)34-30(27-18-10-6-11-19-27)24-29(26-16-8-5-9-17-26)25-31(34)28-20-12-7-13-21-28/h5-25H,3-4H2,1-2H3/q+1. The number of imidazole rings is 1. The Bertz CT molecular complexity index is 1560. The normalized spacial score (nSPS) is 11.2. The monoisotopic (exact) mass is 479 g/mol. The molecule has 0 aliphatic rings. The summed E-state index contributed by atoms with van der Waals surface area (Å²) in [6.07, 6.45) is 0. The number of rotatable bonds is 6. The highest BCUT2D eigenvalue weighted by Gasteiger charge is 2.30. The third-order valence-corrected chi connectivity index (χ3v) is 7.25. The summed E-state index contributed by atoms with van der Waals surface area (Å²) in [6, 6.07) is 45.9. The lowest BCUT2D eigenvalue weighted by Gasteiger charge is -2.18. The summed E-state index contributed by atoms with van der Waals surface area (Å²) in [6.45, 7) is 6.29. The number of hydrogen-bond donors (Lipinski definition) is 0. The number of aryl methyl sites for hydroxylation is 2. The molecule has 0 radical (unpaired) electrons. The molecule has 2 heteroatoms. The summed E-state index contributed by atoms with van der Waals surface area (Å²) >= 11 is 0. The van der Waals surface area contributed by atoms with Gasteiger partial charge in [0.2, 0.25) is 0 Å². The van der Waals surface area contributed by atoms with Crippen molar-refractivity contribution in [2.75, 3.05) is 0 Å². The van der Waals surface area contributed by atoms with Crippen molar-refractivity contribution >= 4 is 11.0 Å². The lowest BCUT2D eigenvalue weighted by atomic mass is 9.87. The van der Waals surface area contributed by atoms with Crippen molar-refractivity contribution < 1.29 is 4.57 Å². The van der Waals surface area contributed by atoms with Crippen LogP contribution >= 0.6 is 0 Å². The van der Waals surface area contributed by atoms with Crippen LogP contribution in [0.5, 0.6) is 0 Å². The molecule has 0 saturated heterocycles. The van der Waals surface area contributed by atoms with Gasteiger partial charge in [0.1, 0.15) is 0 Å². The molecule has 0 saturated carbocycles. The van der Waals surface area contributed by atoms with Gasteiger partial charge in [0.25, 0.3) is 5.82 Å². The second kappa shape index (κ2) is 9.91. The number of nitrogens with zero attached hydrogens (tertiary/aromatic N) is 2. The maximum atomic E-state index is 2.48. The van der Waals surface area contributed by atoms with Crippen LogP contribution in [0, 0.1) is 0 Å². The van der Waals surface area contributed by atoms with Crippen LogP contribution in [-0.4, -0.2) is 4.57 Å². The largest absolute Gasteiger partial charge is 0.291 e. The third kappa shape index (κ3) is 4.05. The topological polar surface area (TPSA) is 8.81 Å². The highest BCUT2D eigenvalue weighted by Crippen LogP contribution is 2.43. The van der Waals surface area contributed by atoms with Gasteiger partial charge in [0, 0.05) is 0 Å². The third-order valence-electron chi connectivity index (χ3n) is 7.25. The Hall–Kier alpha value is -4.43. The lowest BCUT2D eigenvalue weighted by molar-refractivity contribution is -0.657. The molecule has 0 amide bonds. The van der Waals surface area contributed by atoms with E-state index in [9.17, 15) is 0 Å². The second-order valence-electron chi connectivity index (χ2n) is 9.35. The summed E-state index contributed by atoms with van der Waals surface area (Å²) in [5.41, 5.74) is 11.2. The number of fused-ring (bicyclic) bond motifs is 1. The summed E-state index contributed by atoms with van der Waals surface area (Å²) in [5, 5.41) is 0. The molecule has 0 spiro atoms. The summed E-state index contributed by atoms with van der Waals surface area (Å²) < 4.78 is 4.96. The Morgan fingerprint density at radius 2 is 1.03 bits per heavy atom. The van der Waals surface area contributed by atoms with Gasteiger partial charge in [-0.1, -0.05) is 103 Å². The van der Waals surface area contributed by atoms with Crippen molar-refractivity contribution in [1.29, 1.82) is 0 Å². The molecule has 1 aromatic heterocycles. The maximum absolute atomic E-state index is 2.48. The molecule has 2 nitrogen and oxygen atoms in total. The zero-order valence-corrected chi connectivity index (χ0v) is 21.4. The molecule has 6 aromatic rings. The fourth-order valence-electron chi connectivity index (χ4n) is 5.58. The van der Waals surface area contributed by atoms with Gasteiger partial charge in [-0.05, 0) is 71.5 Å². The fraction of sp³-hybridized carbons (Fsp3) is 0.114. The Labute approximate surface area is 219 Å². The van der Waals surface area contributed by atoms with Crippen LogP contribution in [0.3, 0.4) is 0 Å². The van der Waals surface area contributed by atoms with Gasteiger partial charge < -0.3 is 0 Å². The van der Waals surface area contributed by atoms with Crippen LogP contribution in [0.15, 0.2) is 127 Å². The van der Waals surface area contributed by atoms with Gasteiger partial charge in [-0.3, -0.25) is 0 Å². The Morgan fingerprint density at radius 1 is 0.541 bits per heavy atom. The smallest absolute Gasteiger partial charge is 0.223 e. The molecular weight excluding hydrogens is 448 g/mol. The average molecular weight is 480 g/mol. The van der Waals surface area contributed by atoms with E-state index in [2.05, 4.69) is 150 Å². The van der Waals surface area contributed by atoms with Crippen molar-refractivity contribution in [1.82, 2.24) is 4.57 Å². The van der Waals surface area contributed by atoms with E-state index in [1.807, 2.05) is 0 Å². The first-order chi connectivity index (χ1) is 18.3. The Kier molecular flexibility index (Phi) is 6.16. The zero-order valence-electron chi connectivity index (χ0n) is 21.4. The van der Waals surface area contributed by atoms with Crippen molar-refractivity contribution in [2.24, 2.45) is 0 Å².